The first-order chi connectivity index (χ1) is 26.5. The molecule has 0 N–H and O–H groups in total. The molecule has 0 spiro atoms. The topological polar surface area (TPSA) is 105 Å². The lowest BCUT2D eigenvalue weighted by Crippen LogP contribution is -2.43. The van der Waals surface area contributed by atoms with Crippen molar-refractivity contribution < 1.29 is 38.1 Å². The Morgan fingerprint density at radius 2 is 0.807 bits per heavy atom. The number of carbonyl (C=O) groups is 4. The van der Waals surface area contributed by atoms with Gasteiger partial charge < -0.3 is 18.9 Å². The molecule has 0 heterocycles. The van der Waals surface area contributed by atoms with Gasteiger partial charge in [-0.25, -0.2) is 0 Å². The first-order valence-electron chi connectivity index (χ1n) is 19.3. The molecule has 0 amide bonds. The fourth-order valence-electron chi connectivity index (χ4n) is 6.08. The summed E-state index contributed by atoms with van der Waals surface area (Å²) in [6.45, 7) is 18.0. The summed E-state index contributed by atoms with van der Waals surface area (Å²) in [4.78, 5) is 52.3. The number of ether oxygens (including phenoxy) is 4. The predicted molar refractivity (Wildman–Crippen MR) is 236 cm³/mol. The maximum Gasteiger partial charge on any atom is 0.311 e. The maximum atomic E-state index is 13.8. The maximum absolute atomic E-state index is 13.8. The highest BCUT2D eigenvalue weighted by Crippen LogP contribution is 2.41. The average molecular weight is 980 g/mol. The van der Waals surface area contributed by atoms with Crippen LogP contribution < -0.4 is 4.74 Å². The third-order valence-electron chi connectivity index (χ3n) is 10.4. The third-order valence-corrected chi connectivity index (χ3v) is 12.9. The Labute approximate surface area is 364 Å². The van der Waals surface area contributed by atoms with Crippen LogP contribution in [-0.2, 0) is 33.4 Å². The summed E-state index contributed by atoms with van der Waals surface area (Å²) in [6, 6.07) is 23.4. The predicted octanol–water partition coefficient (Wildman–Crippen LogP) is 12.2. The lowest BCUT2D eigenvalue weighted by molar-refractivity contribution is -0.174. The molecule has 3 aromatic carbocycles. The zero-order valence-electron chi connectivity index (χ0n) is 35.0. The third kappa shape index (κ3) is 14.6. The number of esters is 4. The molecule has 0 aromatic heterocycles. The van der Waals surface area contributed by atoms with Gasteiger partial charge in [0, 0.05) is 21.4 Å². The molecule has 0 saturated carbocycles. The van der Waals surface area contributed by atoms with Gasteiger partial charge in [0.1, 0.15) is 25.6 Å². The van der Waals surface area contributed by atoms with E-state index in [2.05, 4.69) is 47.8 Å². The molecule has 3 unspecified atom stereocenters. The minimum atomic E-state index is -1.01. The molecule has 0 aliphatic heterocycles. The molecular weight excluding hydrogens is 920 g/mol. The number of benzene rings is 3. The van der Waals surface area contributed by atoms with Gasteiger partial charge in [-0.1, -0.05) is 127 Å². The van der Waals surface area contributed by atoms with Crippen molar-refractivity contribution in [3.05, 3.63) is 101 Å². The minimum absolute atomic E-state index is 0.0776. The van der Waals surface area contributed by atoms with Crippen molar-refractivity contribution in [3.63, 3.8) is 0 Å². The van der Waals surface area contributed by atoms with Crippen LogP contribution in [0.2, 0.25) is 0 Å². The van der Waals surface area contributed by atoms with Crippen molar-refractivity contribution in [3.8, 4) is 5.75 Å². The SMILES string of the molecule is CCC(COC(=O)C(C)(C)CC(Br)c1ccc(C)cc1)(COC(=O)C(C)(C)CC(Br)c1ccc(C)cc1)COC(=O)C(C)(C)CC(Br)c1ccc(OC(C)=O)cc1. The molecule has 0 saturated heterocycles. The lowest BCUT2D eigenvalue weighted by atomic mass is 9.84. The Morgan fingerprint density at radius 3 is 1.07 bits per heavy atom. The van der Waals surface area contributed by atoms with Crippen LogP contribution in [0.15, 0.2) is 72.8 Å². The van der Waals surface area contributed by atoms with Crippen molar-refractivity contribution in [2.24, 2.45) is 21.7 Å². The summed E-state index contributed by atoms with van der Waals surface area (Å²) in [5.74, 6) is -1.22. The number of hydrogen-bond acceptors (Lipinski definition) is 8. The van der Waals surface area contributed by atoms with Crippen LogP contribution in [0.1, 0.15) is 123 Å². The molecule has 0 fully saturated rings. The van der Waals surface area contributed by atoms with Crippen molar-refractivity contribution >= 4 is 71.7 Å². The normalized spacial score (nSPS) is 14.8. The van der Waals surface area contributed by atoms with E-state index in [0.29, 0.717) is 31.4 Å². The first kappa shape index (κ1) is 48.3. The first-order valence-corrected chi connectivity index (χ1v) is 22.1. The number of hydrogen-bond donors (Lipinski definition) is 0. The van der Waals surface area contributed by atoms with Crippen LogP contribution in [0.25, 0.3) is 0 Å². The minimum Gasteiger partial charge on any atom is -0.464 e. The van der Waals surface area contributed by atoms with E-state index >= 15 is 0 Å². The van der Waals surface area contributed by atoms with Gasteiger partial charge in [-0.2, -0.15) is 0 Å². The molecule has 8 nitrogen and oxygen atoms in total. The molecule has 3 atom stereocenters. The summed E-state index contributed by atoms with van der Waals surface area (Å²) in [6.07, 6.45) is 1.75. The number of alkyl halides is 3. The number of aryl methyl sites for hydroxylation is 2. The quantitative estimate of drug-likeness (QED) is 0.0477. The van der Waals surface area contributed by atoms with Crippen LogP contribution >= 0.6 is 47.8 Å². The molecule has 0 bridgehead atoms. The number of carbonyl (C=O) groups excluding carboxylic acids is 4. The molecule has 3 rings (SSSR count). The second-order valence-electron chi connectivity index (χ2n) is 17.2. The van der Waals surface area contributed by atoms with E-state index in [9.17, 15) is 19.2 Å². The fraction of sp³-hybridized carbons (Fsp3) is 0.522. The van der Waals surface area contributed by atoms with Gasteiger partial charge in [-0.05, 0) is 110 Å². The average Bonchev–Trinajstić information content (AvgIpc) is 3.14. The van der Waals surface area contributed by atoms with Gasteiger partial charge in [0.25, 0.3) is 0 Å². The lowest BCUT2D eigenvalue weighted by Gasteiger charge is -2.35. The second-order valence-corrected chi connectivity index (χ2v) is 20.5. The van der Waals surface area contributed by atoms with Crippen molar-refractivity contribution in [2.45, 2.75) is 109 Å². The van der Waals surface area contributed by atoms with Crippen molar-refractivity contribution in [2.75, 3.05) is 19.8 Å². The van der Waals surface area contributed by atoms with E-state index in [-0.39, 0.29) is 34.3 Å². The Morgan fingerprint density at radius 1 is 0.526 bits per heavy atom. The molecule has 11 heteroatoms. The molecule has 0 aliphatic carbocycles. The zero-order chi connectivity index (χ0) is 42.8. The highest BCUT2D eigenvalue weighted by molar-refractivity contribution is 9.09. The van der Waals surface area contributed by atoms with Gasteiger partial charge in [0.05, 0.1) is 21.7 Å². The summed E-state index contributed by atoms with van der Waals surface area (Å²) in [5, 5.41) is 0. The van der Waals surface area contributed by atoms with E-state index in [0.717, 1.165) is 27.8 Å². The largest absolute Gasteiger partial charge is 0.464 e. The van der Waals surface area contributed by atoms with E-state index < -0.39 is 45.5 Å². The molecule has 57 heavy (non-hydrogen) atoms. The van der Waals surface area contributed by atoms with Crippen LogP contribution in [0.4, 0.5) is 0 Å². The highest BCUT2D eigenvalue weighted by atomic mass is 79.9. The summed E-state index contributed by atoms with van der Waals surface area (Å²) in [7, 11) is 0. The standard InChI is InChI=1S/C46H59Br3O8/c1-11-46(27-54-40(51)43(5,6)24-37(47)33-16-12-30(2)13-17-33,28-55-41(52)44(7,8)25-38(48)34-18-14-31(3)15-19-34)29-56-42(53)45(9,10)26-39(49)35-20-22-36(23-21-35)57-32(4)50/h12-23,37-39H,11,24-29H2,1-10H3. The fourth-order valence-corrected chi connectivity index (χ4v) is 9.43. The van der Waals surface area contributed by atoms with Crippen LogP contribution in [0.5, 0.6) is 5.75 Å². The number of halogens is 3. The Kier molecular flexibility index (Phi) is 17.6. The molecule has 0 aliphatic rings. The van der Waals surface area contributed by atoms with E-state index in [1.807, 2.05) is 123 Å². The second kappa shape index (κ2) is 20.8. The van der Waals surface area contributed by atoms with E-state index in [1.165, 1.54) is 6.92 Å². The zero-order valence-corrected chi connectivity index (χ0v) is 39.8. The Hall–Kier alpha value is -3.02. The summed E-state index contributed by atoms with van der Waals surface area (Å²) < 4.78 is 23.3. The van der Waals surface area contributed by atoms with Crippen LogP contribution in [0.3, 0.4) is 0 Å². The summed E-state index contributed by atoms with van der Waals surface area (Å²) >= 11 is 11.3. The van der Waals surface area contributed by atoms with Gasteiger partial charge in [0.2, 0.25) is 0 Å². The van der Waals surface area contributed by atoms with Crippen LogP contribution in [-0.4, -0.2) is 43.7 Å². The smallest absolute Gasteiger partial charge is 0.311 e. The molecule has 0 radical (unpaired) electrons. The van der Waals surface area contributed by atoms with Crippen molar-refractivity contribution in [1.82, 2.24) is 0 Å². The molecule has 312 valence electrons. The van der Waals surface area contributed by atoms with Gasteiger partial charge >= 0.3 is 23.9 Å². The van der Waals surface area contributed by atoms with Gasteiger partial charge in [-0.3, -0.25) is 19.2 Å². The van der Waals surface area contributed by atoms with Crippen molar-refractivity contribution in [1.29, 1.82) is 0 Å². The number of rotatable bonds is 20. The Balaban J connectivity index is 1.77. The monoisotopic (exact) mass is 976 g/mol. The molecule has 3 aromatic rings. The van der Waals surface area contributed by atoms with E-state index in [4.69, 9.17) is 18.9 Å². The van der Waals surface area contributed by atoms with Gasteiger partial charge in [0.15, 0.2) is 0 Å². The summed E-state index contributed by atoms with van der Waals surface area (Å²) in [5.41, 5.74) is 1.66. The molecular formula is C46H59Br3O8. The van der Waals surface area contributed by atoms with Crippen LogP contribution in [0, 0.1) is 35.5 Å². The highest BCUT2D eigenvalue weighted by Gasteiger charge is 2.41. The van der Waals surface area contributed by atoms with Gasteiger partial charge in [-0.15, -0.1) is 0 Å². The Bertz CT molecular complexity index is 1720. The van der Waals surface area contributed by atoms with E-state index in [1.54, 1.807) is 12.1 Å².